The summed E-state index contributed by atoms with van der Waals surface area (Å²) in [6.07, 6.45) is 5.44. The molecular weight excluding hydrogens is 262 g/mol. The maximum atomic E-state index is 12.3. The minimum absolute atomic E-state index is 0.0708. The molecule has 1 fully saturated rings. The minimum Gasteiger partial charge on any atom is -0.426 e. The first-order chi connectivity index (χ1) is 10.3. The number of carbonyl (C=O) groups excluding carboxylic acids is 1. The molecule has 3 rings (SSSR count). The van der Waals surface area contributed by atoms with Crippen molar-refractivity contribution in [2.75, 3.05) is 12.4 Å². The molecule has 0 atom stereocenters. The Bertz CT molecular complexity index is 645. The summed E-state index contributed by atoms with van der Waals surface area (Å²) in [6.45, 7) is 0. The van der Waals surface area contributed by atoms with Crippen molar-refractivity contribution in [3.8, 4) is 5.75 Å². The molecule has 0 heterocycles. The maximum Gasteiger partial charge on any atom is 0.314 e. The van der Waals surface area contributed by atoms with Crippen LogP contribution in [-0.4, -0.2) is 13.0 Å². The summed E-state index contributed by atoms with van der Waals surface area (Å²) in [7, 11) is 1.90. The van der Waals surface area contributed by atoms with Crippen molar-refractivity contribution in [3.05, 3.63) is 36.4 Å². The average molecular weight is 283 g/mol. The van der Waals surface area contributed by atoms with Gasteiger partial charge in [-0.1, -0.05) is 43.5 Å². The van der Waals surface area contributed by atoms with Gasteiger partial charge in [0, 0.05) is 23.5 Å². The molecule has 110 valence electrons. The molecule has 0 spiro atoms. The van der Waals surface area contributed by atoms with Crippen molar-refractivity contribution in [2.45, 2.75) is 32.1 Å². The van der Waals surface area contributed by atoms with Crippen molar-refractivity contribution >= 4 is 22.4 Å². The Balaban J connectivity index is 1.88. The first-order valence-electron chi connectivity index (χ1n) is 7.71. The summed E-state index contributed by atoms with van der Waals surface area (Å²) < 4.78 is 5.70. The molecule has 0 aliphatic heterocycles. The van der Waals surface area contributed by atoms with Crippen LogP contribution in [0.4, 0.5) is 5.69 Å². The number of hydrogen-bond donors (Lipinski definition) is 1. The Labute approximate surface area is 125 Å². The van der Waals surface area contributed by atoms with Crippen LogP contribution in [0.2, 0.25) is 0 Å². The molecule has 0 unspecified atom stereocenters. The maximum absolute atomic E-state index is 12.3. The highest BCUT2D eigenvalue weighted by atomic mass is 16.5. The number of ether oxygens (including phenoxy) is 1. The Morgan fingerprint density at radius 3 is 2.48 bits per heavy atom. The number of rotatable bonds is 3. The van der Waals surface area contributed by atoms with Gasteiger partial charge in [0.05, 0.1) is 5.92 Å². The van der Waals surface area contributed by atoms with E-state index < -0.39 is 0 Å². The van der Waals surface area contributed by atoms with Gasteiger partial charge in [-0.05, 0) is 25.0 Å². The molecule has 3 nitrogen and oxygen atoms in total. The molecule has 0 amide bonds. The second kappa shape index (κ2) is 6.17. The van der Waals surface area contributed by atoms with Crippen molar-refractivity contribution in [1.82, 2.24) is 0 Å². The summed E-state index contributed by atoms with van der Waals surface area (Å²) >= 11 is 0. The van der Waals surface area contributed by atoms with E-state index in [4.69, 9.17) is 4.74 Å². The van der Waals surface area contributed by atoms with Gasteiger partial charge in [0.1, 0.15) is 5.75 Å². The highest BCUT2D eigenvalue weighted by Gasteiger charge is 2.23. The topological polar surface area (TPSA) is 38.3 Å². The molecule has 0 radical (unpaired) electrons. The van der Waals surface area contributed by atoms with Crippen LogP contribution in [0.3, 0.4) is 0 Å². The van der Waals surface area contributed by atoms with Crippen molar-refractivity contribution in [1.29, 1.82) is 0 Å². The van der Waals surface area contributed by atoms with Gasteiger partial charge in [-0.2, -0.15) is 0 Å². The highest BCUT2D eigenvalue weighted by molar-refractivity contribution is 5.99. The Morgan fingerprint density at radius 1 is 1.05 bits per heavy atom. The predicted molar refractivity (Wildman–Crippen MR) is 85.7 cm³/mol. The summed E-state index contributed by atoms with van der Waals surface area (Å²) in [5.41, 5.74) is 1.04. The first kappa shape index (κ1) is 13.9. The van der Waals surface area contributed by atoms with E-state index in [0.717, 1.165) is 42.1 Å². The largest absolute Gasteiger partial charge is 0.426 e. The van der Waals surface area contributed by atoms with Crippen LogP contribution in [0.5, 0.6) is 5.75 Å². The van der Waals surface area contributed by atoms with Crippen LogP contribution >= 0.6 is 0 Å². The Kier molecular flexibility index (Phi) is 4.09. The molecule has 0 bridgehead atoms. The van der Waals surface area contributed by atoms with E-state index in [1.807, 2.05) is 43.4 Å². The SMILES string of the molecule is CNc1ccc(OC(=O)C2CCCCC2)c2ccccc12. The van der Waals surface area contributed by atoms with Crippen LogP contribution in [0.15, 0.2) is 36.4 Å². The second-order valence-electron chi connectivity index (χ2n) is 5.66. The third-order valence-electron chi connectivity index (χ3n) is 4.30. The van der Waals surface area contributed by atoms with Crippen LogP contribution in [-0.2, 0) is 4.79 Å². The molecule has 1 saturated carbocycles. The van der Waals surface area contributed by atoms with E-state index in [-0.39, 0.29) is 11.9 Å². The summed E-state index contributed by atoms with van der Waals surface area (Å²) in [5.74, 6) is 0.665. The fourth-order valence-electron chi connectivity index (χ4n) is 3.11. The zero-order chi connectivity index (χ0) is 14.7. The number of esters is 1. The molecule has 21 heavy (non-hydrogen) atoms. The average Bonchev–Trinajstić information content (AvgIpc) is 2.56. The molecule has 3 heteroatoms. The van der Waals surface area contributed by atoms with Gasteiger partial charge >= 0.3 is 5.97 Å². The third kappa shape index (κ3) is 2.87. The van der Waals surface area contributed by atoms with Gasteiger partial charge in [0.15, 0.2) is 0 Å². The number of fused-ring (bicyclic) bond motifs is 1. The van der Waals surface area contributed by atoms with E-state index in [2.05, 4.69) is 5.32 Å². The van der Waals surface area contributed by atoms with Gasteiger partial charge in [-0.15, -0.1) is 0 Å². The summed E-state index contributed by atoms with van der Waals surface area (Å²) in [5, 5.41) is 5.23. The molecular formula is C18H21NO2. The van der Waals surface area contributed by atoms with E-state index in [9.17, 15) is 4.79 Å². The third-order valence-corrected chi connectivity index (χ3v) is 4.30. The molecule has 1 aliphatic rings. The normalized spacial score (nSPS) is 15.9. The quantitative estimate of drug-likeness (QED) is 0.671. The van der Waals surface area contributed by atoms with Gasteiger partial charge in [-0.3, -0.25) is 4.79 Å². The molecule has 2 aromatic rings. The number of nitrogens with one attached hydrogen (secondary N) is 1. The molecule has 0 saturated heterocycles. The van der Waals surface area contributed by atoms with E-state index in [1.54, 1.807) is 0 Å². The summed E-state index contributed by atoms with van der Waals surface area (Å²) in [6, 6.07) is 11.9. The highest BCUT2D eigenvalue weighted by Crippen LogP contribution is 2.33. The van der Waals surface area contributed by atoms with E-state index in [0.29, 0.717) is 5.75 Å². The van der Waals surface area contributed by atoms with Gasteiger partial charge in [0.25, 0.3) is 0 Å². The zero-order valence-electron chi connectivity index (χ0n) is 12.4. The van der Waals surface area contributed by atoms with E-state index >= 15 is 0 Å². The monoisotopic (exact) mass is 283 g/mol. The van der Waals surface area contributed by atoms with E-state index in [1.165, 1.54) is 6.42 Å². The van der Waals surface area contributed by atoms with Gasteiger partial charge in [-0.25, -0.2) is 0 Å². The smallest absolute Gasteiger partial charge is 0.314 e. The lowest BCUT2D eigenvalue weighted by Gasteiger charge is -2.20. The number of hydrogen-bond acceptors (Lipinski definition) is 3. The Morgan fingerprint density at radius 2 is 1.76 bits per heavy atom. The predicted octanol–water partition coefficient (Wildman–Crippen LogP) is 4.37. The minimum atomic E-state index is -0.0722. The summed E-state index contributed by atoms with van der Waals surface area (Å²) in [4.78, 5) is 12.3. The number of benzene rings is 2. The lowest BCUT2D eigenvalue weighted by atomic mass is 9.89. The number of carbonyl (C=O) groups is 1. The molecule has 1 N–H and O–H groups in total. The van der Waals surface area contributed by atoms with Gasteiger partial charge < -0.3 is 10.1 Å². The van der Waals surface area contributed by atoms with Crippen LogP contribution < -0.4 is 10.1 Å². The van der Waals surface area contributed by atoms with Crippen LogP contribution in [0.25, 0.3) is 10.8 Å². The zero-order valence-corrected chi connectivity index (χ0v) is 12.4. The fourth-order valence-corrected chi connectivity index (χ4v) is 3.11. The molecule has 1 aliphatic carbocycles. The lowest BCUT2D eigenvalue weighted by molar-refractivity contribution is -0.139. The first-order valence-corrected chi connectivity index (χ1v) is 7.71. The Hall–Kier alpha value is -2.03. The van der Waals surface area contributed by atoms with Crippen molar-refractivity contribution < 1.29 is 9.53 Å². The van der Waals surface area contributed by atoms with Gasteiger partial charge in [0.2, 0.25) is 0 Å². The number of anilines is 1. The lowest BCUT2D eigenvalue weighted by Crippen LogP contribution is -2.22. The van der Waals surface area contributed by atoms with Crippen LogP contribution in [0.1, 0.15) is 32.1 Å². The molecule has 0 aromatic heterocycles. The van der Waals surface area contributed by atoms with Crippen molar-refractivity contribution in [2.24, 2.45) is 5.92 Å². The van der Waals surface area contributed by atoms with Crippen molar-refractivity contribution in [3.63, 3.8) is 0 Å². The standard InChI is InChI=1S/C18H21NO2/c1-19-16-11-12-17(15-10-6-5-9-14(15)16)21-18(20)13-7-3-2-4-8-13/h5-6,9-13,19H,2-4,7-8H2,1H3. The molecule has 2 aromatic carbocycles. The second-order valence-corrected chi connectivity index (χ2v) is 5.66. The van der Waals surface area contributed by atoms with Crippen LogP contribution in [0, 0.1) is 5.92 Å². The fraction of sp³-hybridized carbons (Fsp3) is 0.389.